The number of carbonyl (C=O) groups excluding carboxylic acids is 1. The number of aliphatic hydroxyl groups is 1. The maximum absolute atomic E-state index is 12.1. The molecular weight excluding hydrogens is 236 g/mol. The van der Waals surface area contributed by atoms with Gasteiger partial charge in [-0.15, -0.1) is 0 Å². The maximum atomic E-state index is 12.1. The molecule has 1 amide bonds. The predicted molar refractivity (Wildman–Crippen MR) is 62.3 cm³/mol. The zero-order valence-corrected chi connectivity index (χ0v) is 9.74. The van der Waals surface area contributed by atoms with E-state index in [9.17, 15) is 9.59 Å². The monoisotopic (exact) mass is 250 g/mol. The molecule has 1 aliphatic carbocycles. The van der Waals surface area contributed by atoms with E-state index in [2.05, 4.69) is 4.98 Å². The van der Waals surface area contributed by atoms with Crippen LogP contribution in [-0.2, 0) is 0 Å². The first kappa shape index (κ1) is 12.5. The summed E-state index contributed by atoms with van der Waals surface area (Å²) in [5.41, 5.74) is 0.257. The Kier molecular flexibility index (Phi) is 3.57. The maximum Gasteiger partial charge on any atom is 0.337 e. The molecule has 6 heteroatoms. The van der Waals surface area contributed by atoms with Crippen molar-refractivity contribution in [3.05, 3.63) is 29.6 Å². The van der Waals surface area contributed by atoms with Crippen molar-refractivity contribution in [1.29, 1.82) is 0 Å². The zero-order chi connectivity index (χ0) is 13.1. The highest BCUT2D eigenvalue weighted by molar-refractivity contribution is 5.94. The highest BCUT2D eigenvalue weighted by Gasteiger charge is 2.33. The zero-order valence-electron chi connectivity index (χ0n) is 9.74. The van der Waals surface area contributed by atoms with Gasteiger partial charge >= 0.3 is 5.97 Å². The first-order valence-corrected chi connectivity index (χ1v) is 5.74. The number of aromatic nitrogens is 1. The largest absolute Gasteiger partial charge is 0.478 e. The minimum Gasteiger partial charge on any atom is -0.478 e. The van der Waals surface area contributed by atoms with Crippen LogP contribution < -0.4 is 0 Å². The smallest absolute Gasteiger partial charge is 0.337 e. The van der Waals surface area contributed by atoms with E-state index in [0.29, 0.717) is 0 Å². The molecule has 1 aromatic heterocycles. The summed E-state index contributed by atoms with van der Waals surface area (Å²) >= 11 is 0. The molecule has 0 atom stereocenters. The van der Waals surface area contributed by atoms with Crippen LogP contribution in [0.25, 0.3) is 0 Å². The van der Waals surface area contributed by atoms with Crippen molar-refractivity contribution in [2.45, 2.75) is 18.9 Å². The molecule has 1 saturated carbocycles. The summed E-state index contributed by atoms with van der Waals surface area (Å²) in [4.78, 5) is 28.2. The summed E-state index contributed by atoms with van der Waals surface area (Å²) < 4.78 is 0. The summed E-state index contributed by atoms with van der Waals surface area (Å²) in [6.45, 7) is 0.196. The van der Waals surface area contributed by atoms with Gasteiger partial charge in [0, 0.05) is 18.8 Å². The number of carbonyl (C=O) groups is 2. The minimum atomic E-state index is -1.07. The fourth-order valence-electron chi connectivity index (χ4n) is 1.74. The molecule has 0 aromatic carbocycles. The van der Waals surface area contributed by atoms with Gasteiger partial charge in [-0.1, -0.05) is 0 Å². The highest BCUT2D eigenvalue weighted by Crippen LogP contribution is 2.27. The standard InChI is InChI=1S/C12H14N2O4/c15-6-5-14(9-2-3-9)11(16)10-4-1-8(7-13-10)12(17)18/h1,4,7,9,15H,2-3,5-6H2,(H,17,18). The molecule has 1 fully saturated rings. The molecule has 0 spiro atoms. The van der Waals surface area contributed by atoms with Gasteiger partial charge in [0.1, 0.15) is 5.69 Å². The molecule has 18 heavy (non-hydrogen) atoms. The van der Waals surface area contributed by atoms with Crippen LogP contribution in [0.3, 0.4) is 0 Å². The lowest BCUT2D eigenvalue weighted by atomic mass is 10.2. The quantitative estimate of drug-likeness (QED) is 0.788. The average Bonchev–Trinajstić information content (AvgIpc) is 3.19. The molecule has 1 aliphatic rings. The van der Waals surface area contributed by atoms with Crippen molar-refractivity contribution in [2.24, 2.45) is 0 Å². The Morgan fingerprint density at radius 2 is 2.11 bits per heavy atom. The molecule has 1 heterocycles. The fourth-order valence-corrected chi connectivity index (χ4v) is 1.74. The number of nitrogens with zero attached hydrogens (tertiary/aromatic N) is 2. The van der Waals surface area contributed by atoms with E-state index in [1.54, 1.807) is 4.90 Å². The van der Waals surface area contributed by atoms with E-state index in [1.807, 2.05) is 0 Å². The van der Waals surface area contributed by atoms with Gasteiger partial charge in [0.05, 0.1) is 12.2 Å². The summed E-state index contributed by atoms with van der Waals surface area (Å²) in [5, 5.41) is 17.7. The summed E-state index contributed by atoms with van der Waals surface area (Å²) in [5.74, 6) is -1.33. The highest BCUT2D eigenvalue weighted by atomic mass is 16.4. The second kappa shape index (κ2) is 5.14. The number of aliphatic hydroxyl groups excluding tert-OH is 1. The normalized spacial score (nSPS) is 14.3. The Balaban J connectivity index is 2.13. The molecule has 0 radical (unpaired) electrons. The average molecular weight is 250 g/mol. The van der Waals surface area contributed by atoms with Crippen LogP contribution in [0.1, 0.15) is 33.7 Å². The third-order valence-corrected chi connectivity index (χ3v) is 2.82. The SMILES string of the molecule is O=C(O)c1ccc(C(=O)N(CCO)C2CC2)nc1. The van der Waals surface area contributed by atoms with Crippen LogP contribution in [0.4, 0.5) is 0 Å². The number of carboxylic acid groups (broad SMARTS) is 1. The second-order valence-electron chi connectivity index (χ2n) is 4.19. The van der Waals surface area contributed by atoms with E-state index >= 15 is 0 Å². The first-order valence-electron chi connectivity index (χ1n) is 5.74. The Morgan fingerprint density at radius 1 is 1.39 bits per heavy atom. The molecule has 2 N–H and O–H groups in total. The molecule has 2 rings (SSSR count). The van der Waals surface area contributed by atoms with Crippen molar-refractivity contribution in [1.82, 2.24) is 9.88 Å². The van der Waals surface area contributed by atoms with Gasteiger partial charge < -0.3 is 15.1 Å². The third-order valence-electron chi connectivity index (χ3n) is 2.82. The molecule has 0 aliphatic heterocycles. The van der Waals surface area contributed by atoms with Crippen LogP contribution in [0.5, 0.6) is 0 Å². The van der Waals surface area contributed by atoms with Crippen molar-refractivity contribution in [3.63, 3.8) is 0 Å². The van der Waals surface area contributed by atoms with E-state index in [0.717, 1.165) is 12.8 Å². The van der Waals surface area contributed by atoms with Gasteiger partial charge in [-0.05, 0) is 25.0 Å². The number of aromatic carboxylic acids is 1. The van der Waals surface area contributed by atoms with Crippen molar-refractivity contribution in [2.75, 3.05) is 13.2 Å². The Labute approximate surface area is 104 Å². The topological polar surface area (TPSA) is 90.7 Å². The van der Waals surface area contributed by atoms with Crippen LogP contribution in [0, 0.1) is 0 Å². The van der Waals surface area contributed by atoms with E-state index in [4.69, 9.17) is 10.2 Å². The molecule has 6 nitrogen and oxygen atoms in total. The van der Waals surface area contributed by atoms with Gasteiger partial charge in [-0.3, -0.25) is 9.78 Å². The molecule has 1 aromatic rings. The number of pyridine rings is 1. The summed E-state index contributed by atoms with van der Waals surface area (Å²) in [6, 6.07) is 2.94. The van der Waals surface area contributed by atoms with E-state index in [1.165, 1.54) is 18.3 Å². The van der Waals surface area contributed by atoms with E-state index in [-0.39, 0.29) is 36.4 Å². The van der Waals surface area contributed by atoms with Gasteiger partial charge in [0.2, 0.25) is 0 Å². The number of amides is 1. The summed E-state index contributed by atoms with van der Waals surface area (Å²) in [7, 11) is 0. The molecule has 0 unspecified atom stereocenters. The van der Waals surface area contributed by atoms with Crippen LogP contribution in [0.2, 0.25) is 0 Å². The number of hydrogen-bond donors (Lipinski definition) is 2. The molecule has 96 valence electrons. The fraction of sp³-hybridized carbons (Fsp3) is 0.417. The van der Waals surface area contributed by atoms with Crippen molar-refractivity contribution >= 4 is 11.9 Å². The molecular formula is C12H14N2O4. The lowest BCUT2D eigenvalue weighted by molar-refractivity contribution is 0.0684. The van der Waals surface area contributed by atoms with Gasteiger partial charge in [0.15, 0.2) is 0 Å². The lowest BCUT2D eigenvalue weighted by Crippen LogP contribution is -2.36. The number of carboxylic acids is 1. The Bertz CT molecular complexity index is 454. The lowest BCUT2D eigenvalue weighted by Gasteiger charge is -2.20. The van der Waals surface area contributed by atoms with Crippen LogP contribution in [-0.4, -0.2) is 51.2 Å². The van der Waals surface area contributed by atoms with Crippen LogP contribution in [0.15, 0.2) is 18.3 Å². The van der Waals surface area contributed by atoms with Crippen molar-refractivity contribution in [3.8, 4) is 0 Å². The first-order chi connectivity index (χ1) is 8.63. The summed E-state index contributed by atoms with van der Waals surface area (Å²) in [6.07, 6.45) is 3.05. The number of hydrogen-bond acceptors (Lipinski definition) is 4. The second-order valence-corrected chi connectivity index (χ2v) is 4.19. The Morgan fingerprint density at radius 3 is 2.56 bits per heavy atom. The Hall–Kier alpha value is -1.95. The van der Waals surface area contributed by atoms with Gasteiger partial charge in [0.25, 0.3) is 5.91 Å². The predicted octanol–water partition coefficient (Wildman–Crippen LogP) is 0.377. The van der Waals surface area contributed by atoms with Crippen molar-refractivity contribution < 1.29 is 19.8 Å². The van der Waals surface area contributed by atoms with Gasteiger partial charge in [-0.2, -0.15) is 0 Å². The number of rotatable bonds is 5. The van der Waals surface area contributed by atoms with Gasteiger partial charge in [-0.25, -0.2) is 4.79 Å². The van der Waals surface area contributed by atoms with Crippen LogP contribution >= 0.6 is 0 Å². The molecule has 0 saturated heterocycles. The van der Waals surface area contributed by atoms with E-state index < -0.39 is 5.97 Å². The third kappa shape index (κ3) is 2.65. The molecule has 0 bridgehead atoms. The minimum absolute atomic E-state index is 0.0479.